The van der Waals surface area contributed by atoms with Gasteiger partial charge in [-0.2, -0.15) is 0 Å². The van der Waals surface area contributed by atoms with Gasteiger partial charge in [-0.15, -0.1) is 0 Å². The molecule has 0 radical (unpaired) electrons. The molecule has 0 bridgehead atoms. The minimum atomic E-state index is -0.458. The summed E-state index contributed by atoms with van der Waals surface area (Å²) in [5, 5.41) is 0. The highest BCUT2D eigenvalue weighted by molar-refractivity contribution is 5.95. The molecular weight excluding hydrogens is 156 g/mol. The Morgan fingerprint density at radius 2 is 2.33 bits per heavy atom. The highest BCUT2D eigenvalue weighted by Crippen LogP contribution is 2.13. The van der Waals surface area contributed by atoms with E-state index in [0.29, 0.717) is 16.7 Å². The Morgan fingerprint density at radius 3 is 3.08 bits per heavy atom. The van der Waals surface area contributed by atoms with Crippen LogP contribution in [0.25, 0.3) is 11.1 Å². The van der Waals surface area contributed by atoms with Gasteiger partial charge in [0.05, 0.1) is 0 Å². The van der Waals surface area contributed by atoms with E-state index in [1.165, 1.54) is 6.39 Å². The van der Waals surface area contributed by atoms with Gasteiger partial charge in [-0.05, 0) is 18.2 Å². The highest BCUT2D eigenvalue weighted by Gasteiger charge is 2.03. The first-order chi connectivity index (χ1) is 5.77. The third kappa shape index (κ3) is 0.934. The second-order valence-corrected chi connectivity index (χ2v) is 2.40. The number of primary amides is 1. The third-order valence-corrected chi connectivity index (χ3v) is 1.61. The van der Waals surface area contributed by atoms with Gasteiger partial charge in [-0.1, -0.05) is 0 Å². The van der Waals surface area contributed by atoms with E-state index in [2.05, 4.69) is 4.98 Å². The number of aromatic nitrogens is 1. The highest BCUT2D eigenvalue weighted by atomic mass is 16.3. The van der Waals surface area contributed by atoms with Gasteiger partial charge in [0.1, 0.15) is 5.52 Å². The first-order valence-corrected chi connectivity index (χ1v) is 3.40. The van der Waals surface area contributed by atoms with Gasteiger partial charge < -0.3 is 10.2 Å². The summed E-state index contributed by atoms with van der Waals surface area (Å²) in [6.07, 6.45) is 1.33. The van der Waals surface area contributed by atoms with Crippen molar-refractivity contribution in [3.05, 3.63) is 30.2 Å². The molecule has 60 valence electrons. The standard InChI is InChI=1S/C8H6N2O2/c9-8(11)5-1-2-7-6(3-5)10-4-12-7/h1-4H,(H2,9,11). The maximum absolute atomic E-state index is 10.7. The molecule has 1 aromatic carbocycles. The first-order valence-electron chi connectivity index (χ1n) is 3.40. The van der Waals surface area contributed by atoms with Gasteiger partial charge in [0.25, 0.3) is 0 Å². The van der Waals surface area contributed by atoms with Crippen LogP contribution in [-0.4, -0.2) is 10.9 Å². The molecule has 0 spiro atoms. The van der Waals surface area contributed by atoms with E-state index in [1.54, 1.807) is 18.2 Å². The van der Waals surface area contributed by atoms with E-state index in [1.807, 2.05) is 0 Å². The predicted molar refractivity (Wildman–Crippen MR) is 42.5 cm³/mol. The molecule has 1 amide bonds. The molecule has 1 heterocycles. The Bertz CT molecular complexity index is 433. The molecule has 2 rings (SSSR count). The minimum Gasteiger partial charge on any atom is -0.443 e. The Morgan fingerprint density at radius 1 is 1.50 bits per heavy atom. The van der Waals surface area contributed by atoms with Crippen LogP contribution in [-0.2, 0) is 0 Å². The number of hydrogen-bond donors (Lipinski definition) is 1. The summed E-state index contributed by atoms with van der Waals surface area (Å²) in [5.74, 6) is -0.458. The number of benzene rings is 1. The SMILES string of the molecule is NC(=O)c1ccc2ocnc2c1. The fourth-order valence-electron chi connectivity index (χ4n) is 1.01. The second-order valence-electron chi connectivity index (χ2n) is 2.40. The van der Waals surface area contributed by atoms with Crippen molar-refractivity contribution < 1.29 is 9.21 Å². The predicted octanol–water partition coefficient (Wildman–Crippen LogP) is 0.927. The summed E-state index contributed by atoms with van der Waals surface area (Å²) in [6.45, 7) is 0. The number of rotatable bonds is 1. The third-order valence-electron chi connectivity index (χ3n) is 1.61. The van der Waals surface area contributed by atoms with Gasteiger partial charge in [0.2, 0.25) is 5.91 Å². The number of carbonyl (C=O) groups is 1. The molecule has 2 aromatic rings. The molecule has 0 aliphatic rings. The molecule has 0 fully saturated rings. The molecule has 4 nitrogen and oxygen atoms in total. The Balaban J connectivity index is 2.68. The molecular formula is C8H6N2O2. The molecule has 4 heteroatoms. The molecule has 0 aliphatic heterocycles. The Labute approximate surface area is 68.0 Å². The van der Waals surface area contributed by atoms with Crippen LogP contribution in [0.1, 0.15) is 10.4 Å². The topological polar surface area (TPSA) is 69.1 Å². The van der Waals surface area contributed by atoms with Gasteiger partial charge in [-0.25, -0.2) is 4.98 Å². The van der Waals surface area contributed by atoms with Crippen LogP contribution in [0.3, 0.4) is 0 Å². The van der Waals surface area contributed by atoms with Gasteiger partial charge in [-0.3, -0.25) is 4.79 Å². The van der Waals surface area contributed by atoms with Crippen LogP contribution < -0.4 is 5.73 Å². The number of nitrogens with zero attached hydrogens (tertiary/aromatic N) is 1. The van der Waals surface area contributed by atoms with Crippen LogP contribution >= 0.6 is 0 Å². The number of carbonyl (C=O) groups excluding carboxylic acids is 1. The fraction of sp³-hybridized carbons (Fsp3) is 0. The number of hydrogen-bond acceptors (Lipinski definition) is 3. The van der Waals surface area contributed by atoms with Crippen LogP contribution in [0, 0.1) is 0 Å². The molecule has 0 atom stereocenters. The first kappa shape index (κ1) is 6.84. The van der Waals surface area contributed by atoms with Crippen LogP contribution in [0.15, 0.2) is 29.0 Å². The van der Waals surface area contributed by atoms with Crippen LogP contribution in [0.4, 0.5) is 0 Å². The van der Waals surface area contributed by atoms with Crippen LogP contribution in [0.5, 0.6) is 0 Å². The summed E-state index contributed by atoms with van der Waals surface area (Å²) >= 11 is 0. The zero-order chi connectivity index (χ0) is 8.55. The van der Waals surface area contributed by atoms with Crippen molar-refractivity contribution in [1.82, 2.24) is 4.98 Å². The lowest BCUT2D eigenvalue weighted by atomic mass is 10.2. The average molecular weight is 162 g/mol. The molecule has 2 N–H and O–H groups in total. The van der Waals surface area contributed by atoms with Crippen LogP contribution in [0.2, 0.25) is 0 Å². The minimum absolute atomic E-state index is 0.441. The monoisotopic (exact) mass is 162 g/mol. The van der Waals surface area contributed by atoms with Crippen molar-refractivity contribution in [3.8, 4) is 0 Å². The van der Waals surface area contributed by atoms with Crippen molar-refractivity contribution in [2.45, 2.75) is 0 Å². The van der Waals surface area contributed by atoms with Crippen molar-refractivity contribution in [1.29, 1.82) is 0 Å². The molecule has 12 heavy (non-hydrogen) atoms. The Kier molecular flexibility index (Phi) is 1.33. The number of fused-ring (bicyclic) bond motifs is 1. The van der Waals surface area contributed by atoms with E-state index >= 15 is 0 Å². The molecule has 0 unspecified atom stereocenters. The molecule has 1 aromatic heterocycles. The summed E-state index contributed by atoms with van der Waals surface area (Å²) in [6, 6.07) is 4.87. The molecule has 0 saturated carbocycles. The maximum Gasteiger partial charge on any atom is 0.248 e. The summed E-state index contributed by atoms with van der Waals surface area (Å²) < 4.78 is 4.99. The van der Waals surface area contributed by atoms with Crippen molar-refractivity contribution in [2.75, 3.05) is 0 Å². The van der Waals surface area contributed by atoms with E-state index in [0.717, 1.165) is 0 Å². The smallest absolute Gasteiger partial charge is 0.248 e. The number of oxazole rings is 1. The van der Waals surface area contributed by atoms with Gasteiger partial charge in [0, 0.05) is 5.56 Å². The number of nitrogens with two attached hydrogens (primary N) is 1. The van der Waals surface area contributed by atoms with E-state index in [4.69, 9.17) is 10.2 Å². The summed E-state index contributed by atoms with van der Waals surface area (Å²) in [4.78, 5) is 14.6. The Hall–Kier alpha value is -1.84. The lowest BCUT2D eigenvalue weighted by molar-refractivity contribution is 0.100. The fourth-order valence-corrected chi connectivity index (χ4v) is 1.01. The van der Waals surface area contributed by atoms with E-state index < -0.39 is 5.91 Å². The zero-order valence-corrected chi connectivity index (χ0v) is 6.15. The zero-order valence-electron chi connectivity index (χ0n) is 6.15. The van der Waals surface area contributed by atoms with Crippen molar-refractivity contribution in [2.24, 2.45) is 5.73 Å². The molecule has 0 aliphatic carbocycles. The summed E-state index contributed by atoms with van der Waals surface area (Å²) in [5.41, 5.74) is 6.81. The normalized spacial score (nSPS) is 10.3. The lowest BCUT2D eigenvalue weighted by Crippen LogP contribution is -2.10. The average Bonchev–Trinajstić information content (AvgIpc) is 2.49. The van der Waals surface area contributed by atoms with Gasteiger partial charge >= 0.3 is 0 Å². The van der Waals surface area contributed by atoms with Crippen molar-refractivity contribution in [3.63, 3.8) is 0 Å². The quantitative estimate of drug-likeness (QED) is 0.678. The largest absolute Gasteiger partial charge is 0.443 e. The summed E-state index contributed by atoms with van der Waals surface area (Å²) in [7, 11) is 0. The maximum atomic E-state index is 10.7. The van der Waals surface area contributed by atoms with E-state index in [9.17, 15) is 4.79 Å². The lowest BCUT2D eigenvalue weighted by Gasteiger charge is -1.92. The molecule has 0 saturated heterocycles. The van der Waals surface area contributed by atoms with Crippen molar-refractivity contribution >= 4 is 17.0 Å². The van der Waals surface area contributed by atoms with E-state index in [-0.39, 0.29) is 0 Å². The second kappa shape index (κ2) is 2.34. The number of amides is 1. The van der Waals surface area contributed by atoms with Gasteiger partial charge in [0.15, 0.2) is 12.0 Å².